The minimum atomic E-state index is -4.49. The molecule has 1 aromatic heterocycles. The number of aryl methyl sites for hydroxylation is 1. The molecule has 31 heavy (non-hydrogen) atoms. The van der Waals surface area contributed by atoms with Gasteiger partial charge in [0.25, 0.3) is 0 Å². The Kier molecular flexibility index (Phi) is 5.15. The molecule has 0 radical (unpaired) electrons. The molecule has 4 rings (SSSR count). The van der Waals surface area contributed by atoms with Gasteiger partial charge in [-0.2, -0.15) is 18.4 Å². The van der Waals surface area contributed by atoms with Gasteiger partial charge in [0.15, 0.2) is 0 Å². The lowest BCUT2D eigenvalue weighted by molar-refractivity contribution is -0.209. The van der Waals surface area contributed by atoms with Crippen LogP contribution in [0.1, 0.15) is 62.4 Å². The normalized spacial score (nSPS) is 18.0. The lowest BCUT2D eigenvalue weighted by Crippen LogP contribution is -2.54. The van der Waals surface area contributed by atoms with E-state index in [2.05, 4.69) is 6.07 Å². The van der Waals surface area contributed by atoms with Gasteiger partial charge in [-0.1, -0.05) is 37.1 Å². The van der Waals surface area contributed by atoms with Crippen molar-refractivity contribution >= 4 is 16.6 Å². The van der Waals surface area contributed by atoms with Crippen LogP contribution in [0.25, 0.3) is 16.6 Å². The van der Waals surface area contributed by atoms with Crippen LogP contribution >= 0.6 is 0 Å². The minimum absolute atomic E-state index is 0.0525. The fourth-order valence-electron chi connectivity index (χ4n) is 4.76. The van der Waals surface area contributed by atoms with Gasteiger partial charge in [-0.15, -0.1) is 0 Å². The lowest BCUT2D eigenvalue weighted by Gasteiger charge is -2.43. The molecule has 0 spiro atoms. The Morgan fingerprint density at radius 3 is 2.42 bits per heavy atom. The van der Waals surface area contributed by atoms with Gasteiger partial charge >= 0.3 is 6.18 Å². The third kappa shape index (κ3) is 3.24. The largest absolute Gasteiger partial charge is 0.411 e. The van der Waals surface area contributed by atoms with Gasteiger partial charge in [-0.25, -0.2) is 4.39 Å². The van der Waals surface area contributed by atoms with Crippen molar-refractivity contribution < 1.29 is 17.6 Å². The Morgan fingerprint density at radius 1 is 1.13 bits per heavy atom. The molecule has 0 N–H and O–H groups in total. The number of fused-ring (bicyclic) bond motifs is 1. The second-order valence-corrected chi connectivity index (χ2v) is 8.88. The van der Waals surface area contributed by atoms with Crippen LogP contribution in [0, 0.1) is 24.1 Å². The highest BCUT2D eigenvalue weighted by molar-refractivity contribution is 5.94. The molecule has 1 aliphatic carbocycles. The van der Waals surface area contributed by atoms with Crippen LogP contribution in [0.3, 0.4) is 0 Å². The zero-order valence-corrected chi connectivity index (χ0v) is 17.9. The average molecular weight is 431 g/mol. The van der Waals surface area contributed by atoms with E-state index in [0.29, 0.717) is 27.9 Å². The fourth-order valence-corrected chi connectivity index (χ4v) is 4.76. The highest BCUT2D eigenvalue weighted by Gasteiger charge is 2.52. The van der Waals surface area contributed by atoms with Crippen LogP contribution in [0.15, 0.2) is 30.4 Å². The van der Waals surface area contributed by atoms with Crippen molar-refractivity contribution in [1.82, 2.24) is 9.47 Å². The first-order valence-corrected chi connectivity index (χ1v) is 10.5. The summed E-state index contributed by atoms with van der Waals surface area (Å²) in [5, 5.41) is 10.5. The molecule has 1 fully saturated rings. The standard InChI is InChI=1S/C24H25F4N3/c1-15-11-12-17-18(14-29)21(31(22(17)20(15)25)16-8-4-5-9-16)19-10-6-7-13-30(19)23(2,3)24(26,27)28/h6-7,10-12,16H,4-5,8-9,13H2,1-3H3. The summed E-state index contributed by atoms with van der Waals surface area (Å²) in [7, 11) is 0. The molecular weight excluding hydrogens is 406 g/mol. The van der Waals surface area contributed by atoms with E-state index in [-0.39, 0.29) is 18.2 Å². The van der Waals surface area contributed by atoms with Gasteiger partial charge < -0.3 is 9.47 Å². The molecule has 0 bridgehead atoms. The van der Waals surface area contributed by atoms with Crippen molar-refractivity contribution in [3.63, 3.8) is 0 Å². The highest BCUT2D eigenvalue weighted by atomic mass is 19.4. The summed E-state index contributed by atoms with van der Waals surface area (Å²) >= 11 is 0. The Labute approximate surface area is 179 Å². The predicted molar refractivity (Wildman–Crippen MR) is 113 cm³/mol. The third-order valence-electron chi connectivity index (χ3n) is 6.68. The molecule has 2 aliphatic rings. The van der Waals surface area contributed by atoms with Crippen LogP contribution in [0.4, 0.5) is 17.6 Å². The van der Waals surface area contributed by atoms with Gasteiger partial charge in [0.05, 0.1) is 22.5 Å². The van der Waals surface area contributed by atoms with Gasteiger partial charge in [0.1, 0.15) is 17.4 Å². The van der Waals surface area contributed by atoms with Gasteiger partial charge in [-0.3, -0.25) is 0 Å². The van der Waals surface area contributed by atoms with Crippen molar-refractivity contribution in [2.75, 3.05) is 6.54 Å². The number of nitriles is 1. The molecule has 7 heteroatoms. The Bertz CT molecular complexity index is 1120. The molecule has 0 unspecified atom stereocenters. The molecule has 1 saturated carbocycles. The minimum Gasteiger partial charge on any atom is -0.352 e. The number of alkyl halides is 3. The number of benzene rings is 1. The molecule has 0 saturated heterocycles. The van der Waals surface area contributed by atoms with Crippen LogP contribution in [0.5, 0.6) is 0 Å². The third-order valence-corrected chi connectivity index (χ3v) is 6.68. The molecule has 0 amide bonds. The number of halogens is 4. The fraction of sp³-hybridized carbons (Fsp3) is 0.458. The number of nitrogens with zero attached hydrogens (tertiary/aromatic N) is 3. The summed E-state index contributed by atoms with van der Waals surface area (Å²) < 4.78 is 59.1. The van der Waals surface area contributed by atoms with Crippen LogP contribution in [-0.4, -0.2) is 27.7 Å². The van der Waals surface area contributed by atoms with E-state index in [9.17, 15) is 18.4 Å². The number of aromatic nitrogens is 1. The van der Waals surface area contributed by atoms with Crippen LogP contribution < -0.4 is 0 Å². The lowest BCUT2D eigenvalue weighted by atomic mass is 9.97. The Balaban J connectivity index is 2.06. The molecule has 3 nitrogen and oxygen atoms in total. The number of hydrogen-bond donors (Lipinski definition) is 0. The molecule has 1 aliphatic heterocycles. The van der Waals surface area contributed by atoms with Gasteiger partial charge in [0, 0.05) is 18.0 Å². The number of hydrogen-bond acceptors (Lipinski definition) is 2. The molecule has 0 atom stereocenters. The van der Waals surface area contributed by atoms with Crippen LogP contribution in [-0.2, 0) is 0 Å². The molecule has 2 heterocycles. The Morgan fingerprint density at radius 2 is 1.81 bits per heavy atom. The quantitative estimate of drug-likeness (QED) is 0.511. The zero-order chi connectivity index (χ0) is 22.6. The summed E-state index contributed by atoms with van der Waals surface area (Å²) in [6.45, 7) is 3.99. The van der Waals surface area contributed by atoms with E-state index in [1.165, 1.54) is 4.90 Å². The first kappa shape index (κ1) is 21.5. The van der Waals surface area contributed by atoms with E-state index in [0.717, 1.165) is 39.5 Å². The van der Waals surface area contributed by atoms with Crippen molar-refractivity contribution in [3.05, 3.63) is 53.0 Å². The topological polar surface area (TPSA) is 32.0 Å². The Hall–Kier alpha value is -2.75. The van der Waals surface area contributed by atoms with Crippen molar-refractivity contribution in [2.45, 2.75) is 64.2 Å². The number of allylic oxidation sites excluding steroid dienone is 2. The molecule has 164 valence electrons. The van der Waals surface area contributed by atoms with Crippen LogP contribution in [0.2, 0.25) is 0 Å². The smallest absolute Gasteiger partial charge is 0.352 e. The summed E-state index contributed by atoms with van der Waals surface area (Å²) in [6, 6.07) is 5.45. The maximum absolute atomic E-state index is 15.4. The average Bonchev–Trinajstić information content (AvgIpc) is 3.35. The summed E-state index contributed by atoms with van der Waals surface area (Å²) in [4.78, 5) is 1.28. The van der Waals surface area contributed by atoms with Gasteiger partial charge in [-0.05, 0) is 45.3 Å². The second kappa shape index (κ2) is 7.44. The highest BCUT2D eigenvalue weighted by Crippen LogP contribution is 2.45. The maximum atomic E-state index is 15.4. The van der Waals surface area contributed by atoms with Crippen molar-refractivity contribution in [1.29, 1.82) is 5.26 Å². The molecular formula is C24H25F4N3. The first-order chi connectivity index (χ1) is 14.6. The molecule has 1 aromatic carbocycles. The van der Waals surface area contributed by atoms with E-state index >= 15 is 4.39 Å². The van der Waals surface area contributed by atoms with E-state index in [1.54, 1.807) is 37.3 Å². The van der Waals surface area contributed by atoms with E-state index in [4.69, 9.17) is 0 Å². The SMILES string of the molecule is Cc1ccc2c(C#N)c(C3=CC=CCN3C(C)(C)C(F)(F)F)n(C3CCCC3)c2c1F. The van der Waals surface area contributed by atoms with E-state index < -0.39 is 17.5 Å². The second-order valence-electron chi connectivity index (χ2n) is 8.88. The summed E-state index contributed by atoms with van der Waals surface area (Å²) in [5.41, 5.74) is -0.478. The zero-order valence-electron chi connectivity index (χ0n) is 17.9. The van der Waals surface area contributed by atoms with Gasteiger partial charge in [0.2, 0.25) is 0 Å². The monoisotopic (exact) mass is 431 g/mol. The number of rotatable bonds is 3. The summed E-state index contributed by atoms with van der Waals surface area (Å²) in [6.07, 6.45) is 4.04. The van der Waals surface area contributed by atoms with E-state index in [1.807, 2.05) is 4.57 Å². The van der Waals surface area contributed by atoms with Crippen molar-refractivity contribution in [2.24, 2.45) is 0 Å². The maximum Gasteiger partial charge on any atom is 0.411 e. The van der Waals surface area contributed by atoms with Crippen molar-refractivity contribution in [3.8, 4) is 6.07 Å². The predicted octanol–water partition coefficient (Wildman–Crippen LogP) is 6.63. The summed E-state index contributed by atoms with van der Waals surface area (Å²) in [5.74, 6) is -0.416. The molecule has 2 aromatic rings. The first-order valence-electron chi connectivity index (χ1n) is 10.5.